The Morgan fingerprint density at radius 1 is 1.15 bits per heavy atom. The van der Waals surface area contributed by atoms with Gasteiger partial charge in [-0.3, -0.25) is 0 Å². The van der Waals surface area contributed by atoms with Crippen molar-refractivity contribution in [1.29, 1.82) is 0 Å². The van der Waals surface area contributed by atoms with E-state index in [2.05, 4.69) is 27.5 Å². The van der Waals surface area contributed by atoms with E-state index >= 15 is 0 Å². The van der Waals surface area contributed by atoms with Crippen molar-refractivity contribution < 1.29 is 0 Å². The van der Waals surface area contributed by atoms with Gasteiger partial charge in [0.1, 0.15) is 18.0 Å². The van der Waals surface area contributed by atoms with E-state index in [0.717, 1.165) is 40.6 Å². The summed E-state index contributed by atoms with van der Waals surface area (Å²) in [7, 11) is 1.87. The number of aromatic nitrogens is 2. The average molecular weight is 291 g/mol. The molecule has 20 heavy (non-hydrogen) atoms. The van der Waals surface area contributed by atoms with Gasteiger partial charge in [0.15, 0.2) is 0 Å². The molecule has 0 aliphatic heterocycles. The van der Waals surface area contributed by atoms with Crippen molar-refractivity contribution in [2.45, 2.75) is 26.3 Å². The SMILES string of the molecule is CCCc1c(NC)ncnc1NCc1ccccc1Cl. The molecule has 2 aromatic rings. The molecule has 0 aliphatic rings. The van der Waals surface area contributed by atoms with Crippen LogP contribution in [0.25, 0.3) is 0 Å². The van der Waals surface area contributed by atoms with Crippen LogP contribution in [0.4, 0.5) is 11.6 Å². The van der Waals surface area contributed by atoms with Gasteiger partial charge < -0.3 is 10.6 Å². The standard InChI is InChI=1S/C15H19ClN4/c1-3-6-12-14(17-2)19-10-20-15(12)18-9-11-7-4-5-8-13(11)16/h4-5,7-8,10H,3,6,9H2,1-2H3,(H2,17,18,19,20). The van der Waals surface area contributed by atoms with Crippen LogP contribution in [0.5, 0.6) is 0 Å². The summed E-state index contributed by atoms with van der Waals surface area (Å²) < 4.78 is 0. The van der Waals surface area contributed by atoms with Gasteiger partial charge in [0.05, 0.1) is 0 Å². The number of anilines is 2. The van der Waals surface area contributed by atoms with Crippen molar-refractivity contribution in [1.82, 2.24) is 9.97 Å². The van der Waals surface area contributed by atoms with E-state index in [-0.39, 0.29) is 0 Å². The Kier molecular flexibility index (Phi) is 5.18. The summed E-state index contributed by atoms with van der Waals surface area (Å²) >= 11 is 6.16. The minimum absolute atomic E-state index is 0.649. The normalized spacial score (nSPS) is 10.3. The highest BCUT2D eigenvalue weighted by molar-refractivity contribution is 6.31. The number of hydrogen-bond donors (Lipinski definition) is 2. The molecule has 1 aromatic carbocycles. The van der Waals surface area contributed by atoms with Crippen LogP contribution in [-0.2, 0) is 13.0 Å². The Morgan fingerprint density at radius 2 is 1.90 bits per heavy atom. The van der Waals surface area contributed by atoms with Gasteiger partial charge in [0.2, 0.25) is 0 Å². The van der Waals surface area contributed by atoms with Crippen LogP contribution >= 0.6 is 11.6 Å². The molecule has 0 aliphatic carbocycles. The Bertz CT molecular complexity index is 572. The van der Waals surface area contributed by atoms with Gasteiger partial charge in [0, 0.05) is 24.2 Å². The second kappa shape index (κ2) is 7.10. The number of benzene rings is 1. The van der Waals surface area contributed by atoms with Gasteiger partial charge in [-0.15, -0.1) is 0 Å². The lowest BCUT2D eigenvalue weighted by atomic mass is 10.1. The third-order valence-corrected chi connectivity index (χ3v) is 3.46. The quantitative estimate of drug-likeness (QED) is 0.851. The minimum Gasteiger partial charge on any atom is -0.373 e. The molecular formula is C15H19ClN4. The van der Waals surface area contributed by atoms with Crippen LogP contribution in [0.1, 0.15) is 24.5 Å². The summed E-state index contributed by atoms with van der Waals surface area (Å²) in [4.78, 5) is 8.61. The van der Waals surface area contributed by atoms with Crippen molar-refractivity contribution in [3.05, 3.63) is 46.7 Å². The van der Waals surface area contributed by atoms with E-state index in [0.29, 0.717) is 6.54 Å². The van der Waals surface area contributed by atoms with Crippen molar-refractivity contribution >= 4 is 23.2 Å². The molecule has 0 spiro atoms. The van der Waals surface area contributed by atoms with Crippen LogP contribution in [0.2, 0.25) is 5.02 Å². The second-order valence-corrected chi connectivity index (χ2v) is 4.90. The van der Waals surface area contributed by atoms with E-state index in [1.54, 1.807) is 6.33 Å². The molecule has 0 unspecified atom stereocenters. The summed E-state index contributed by atoms with van der Waals surface area (Å²) in [5, 5.41) is 7.23. The first kappa shape index (κ1) is 14.6. The topological polar surface area (TPSA) is 49.8 Å². The molecule has 1 heterocycles. The fraction of sp³-hybridized carbons (Fsp3) is 0.333. The number of nitrogens with zero attached hydrogens (tertiary/aromatic N) is 2. The van der Waals surface area contributed by atoms with Gasteiger partial charge in [-0.2, -0.15) is 0 Å². The highest BCUT2D eigenvalue weighted by atomic mass is 35.5. The molecule has 1 aromatic heterocycles. The second-order valence-electron chi connectivity index (χ2n) is 4.49. The fourth-order valence-corrected chi connectivity index (χ4v) is 2.29. The fourth-order valence-electron chi connectivity index (χ4n) is 2.09. The molecule has 0 atom stereocenters. The lowest BCUT2D eigenvalue weighted by molar-refractivity contribution is 0.899. The number of nitrogens with one attached hydrogen (secondary N) is 2. The first-order chi connectivity index (χ1) is 9.76. The van der Waals surface area contributed by atoms with E-state index in [1.165, 1.54) is 0 Å². The van der Waals surface area contributed by atoms with Crippen LogP contribution in [0.15, 0.2) is 30.6 Å². The molecule has 0 saturated heterocycles. The highest BCUT2D eigenvalue weighted by Crippen LogP contribution is 2.23. The van der Waals surface area contributed by atoms with Crippen LogP contribution in [0, 0.1) is 0 Å². The Morgan fingerprint density at radius 3 is 2.60 bits per heavy atom. The first-order valence-corrected chi connectivity index (χ1v) is 7.13. The molecule has 5 heteroatoms. The molecule has 106 valence electrons. The molecular weight excluding hydrogens is 272 g/mol. The molecule has 0 bridgehead atoms. The monoisotopic (exact) mass is 290 g/mol. The lowest BCUT2D eigenvalue weighted by Crippen LogP contribution is -2.08. The molecule has 0 amide bonds. The van der Waals surface area contributed by atoms with Crippen LogP contribution < -0.4 is 10.6 Å². The average Bonchev–Trinajstić information content (AvgIpc) is 2.47. The molecule has 4 nitrogen and oxygen atoms in total. The maximum atomic E-state index is 6.16. The lowest BCUT2D eigenvalue weighted by Gasteiger charge is -2.14. The first-order valence-electron chi connectivity index (χ1n) is 6.75. The summed E-state index contributed by atoms with van der Waals surface area (Å²) in [6, 6.07) is 7.81. The smallest absolute Gasteiger partial charge is 0.134 e. The third kappa shape index (κ3) is 3.39. The zero-order valence-corrected chi connectivity index (χ0v) is 12.5. The Hall–Kier alpha value is -1.81. The maximum Gasteiger partial charge on any atom is 0.134 e. The number of hydrogen-bond acceptors (Lipinski definition) is 4. The zero-order valence-electron chi connectivity index (χ0n) is 11.8. The van der Waals surface area contributed by atoms with Gasteiger partial charge in [-0.1, -0.05) is 43.1 Å². The van der Waals surface area contributed by atoms with Crippen molar-refractivity contribution in [2.24, 2.45) is 0 Å². The molecule has 0 saturated carbocycles. The van der Waals surface area contributed by atoms with Crippen molar-refractivity contribution in [3.63, 3.8) is 0 Å². The van der Waals surface area contributed by atoms with Crippen molar-refractivity contribution in [2.75, 3.05) is 17.7 Å². The molecule has 0 fully saturated rings. The van der Waals surface area contributed by atoms with Gasteiger partial charge in [-0.25, -0.2) is 9.97 Å². The Balaban J connectivity index is 2.19. The van der Waals surface area contributed by atoms with Crippen LogP contribution in [-0.4, -0.2) is 17.0 Å². The van der Waals surface area contributed by atoms with Crippen molar-refractivity contribution in [3.8, 4) is 0 Å². The summed E-state index contributed by atoms with van der Waals surface area (Å²) in [5.74, 6) is 1.75. The number of halogens is 1. The predicted molar refractivity (Wildman–Crippen MR) is 84.4 cm³/mol. The van der Waals surface area contributed by atoms with Gasteiger partial charge >= 0.3 is 0 Å². The third-order valence-electron chi connectivity index (χ3n) is 3.09. The van der Waals surface area contributed by atoms with E-state index in [9.17, 15) is 0 Å². The van der Waals surface area contributed by atoms with Gasteiger partial charge in [-0.05, 0) is 18.1 Å². The summed E-state index contributed by atoms with van der Waals surface area (Å²) in [6.07, 6.45) is 3.55. The predicted octanol–water partition coefficient (Wildman–Crippen LogP) is 3.74. The molecule has 2 N–H and O–H groups in total. The molecule has 0 radical (unpaired) electrons. The summed E-state index contributed by atoms with van der Waals surface area (Å²) in [5.41, 5.74) is 2.17. The minimum atomic E-state index is 0.649. The number of rotatable bonds is 6. The van der Waals surface area contributed by atoms with Gasteiger partial charge in [0.25, 0.3) is 0 Å². The van der Waals surface area contributed by atoms with E-state index < -0.39 is 0 Å². The summed E-state index contributed by atoms with van der Waals surface area (Å²) in [6.45, 7) is 2.79. The van der Waals surface area contributed by atoms with E-state index in [1.807, 2.05) is 31.3 Å². The highest BCUT2D eigenvalue weighted by Gasteiger charge is 2.09. The maximum absolute atomic E-state index is 6.16. The largest absolute Gasteiger partial charge is 0.373 e. The van der Waals surface area contributed by atoms with Crippen LogP contribution in [0.3, 0.4) is 0 Å². The Labute approximate surface area is 124 Å². The van der Waals surface area contributed by atoms with E-state index in [4.69, 9.17) is 11.6 Å². The zero-order chi connectivity index (χ0) is 14.4. The molecule has 2 rings (SSSR count).